The van der Waals surface area contributed by atoms with E-state index < -0.39 is 5.60 Å². The smallest absolute Gasteiger partial charge is 0.322 e. The molecule has 1 aliphatic heterocycles. The zero-order valence-electron chi connectivity index (χ0n) is 10.6. The van der Waals surface area contributed by atoms with Crippen LogP contribution in [0.4, 0.5) is 11.9 Å². The summed E-state index contributed by atoms with van der Waals surface area (Å²) < 4.78 is 4.99. The molecular formula is C10H18N6O2. The summed E-state index contributed by atoms with van der Waals surface area (Å²) in [5.41, 5.74) is 1.64. The fourth-order valence-electron chi connectivity index (χ4n) is 2.03. The molecule has 100 valence electrons. The van der Waals surface area contributed by atoms with E-state index in [0.29, 0.717) is 12.5 Å². The van der Waals surface area contributed by atoms with Gasteiger partial charge in [0.1, 0.15) is 0 Å². The summed E-state index contributed by atoms with van der Waals surface area (Å²) in [5, 5.41) is 10.1. The summed E-state index contributed by atoms with van der Waals surface area (Å²) in [6.07, 6.45) is 1.65. The highest BCUT2D eigenvalue weighted by atomic mass is 16.5. The summed E-state index contributed by atoms with van der Waals surface area (Å²) in [6, 6.07) is 0.193. The highest BCUT2D eigenvalue weighted by Gasteiger charge is 2.30. The predicted molar refractivity (Wildman–Crippen MR) is 66.3 cm³/mol. The molecule has 4 N–H and O–H groups in total. The highest BCUT2D eigenvalue weighted by Crippen LogP contribution is 2.24. The van der Waals surface area contributed by atoms with Crippen molar-refractivity contribution in [2.24, 2.45) is 5.84 Å². The van der Waals surface area contributed by atoms with E-state index in [0.717, 1.165) is 19.4 Å². The second-order valence-corrected chi connectivity index (χ2v) is 4.61. The third-order valence-electron chi connectivity index (χ3n) is 2.87. The Bertz CT molecular complexity index is 403. The van der Waals surface area contributed by atoms with Crippen molar-refractivity contribution < 1.29 is 9.84 Å². The minimum Gasteiger partial charge on any atom is -0.467 e. The monoisotopic (exact) mass is 254 g/mol. The first kappa shape index (κ1) is 12.8. The number of aliphatic hydroxyl groups is 1. The molecule has 8 heteroatoms. The van der Waals surface area contributed by atoms with Crippen LogP contribution < -0.4 is 20.9 Å². The molecule has 2 heterocycles. The summed E-state index contributed by atoms with van der Waals surface area (Å²) in [7, 11) is 1.48. The average molecular weight is 254 g/mol. The highest BCUT2D eigenvalue weighted by molar-refractivity contribution is 5.38. The number of methoxy groups -OCH3 is 1. The van der Waals surface area contributed by atoms with Crippen molar-refractivity contribution in [1.29, 1.82) is 0 Å². The zero-order chi connectivity index (χ0) is 13.2. The molecule has 1 aromatic heterocycles. The van der Waals surface area contributed by atoms with E-state index in [2.05, 4.69) is 20.4 Å². The maximum atomic E-state index is 10.1. The maximum absolute atomic E-state index is 10.1. The molecule has 1 unspecified atom stereocenters. The van der Waals surface area contributed by atoms with Crippen molar-refractivity contribution in [2.75, 3.05) is 30.5 Å². The summed E-state index contributed by atoms with van der Waals surface area (Å²) in [6.45, 7) is 3.07. The number of nitrogens with two attached hydrogens (primary N) is 1. The van der Waals surface area contributed by atoms with Crippen LogP contribution in [-0.2, 0) is 0 Å². The van der Waals surface area contributed by atoms with Gasteiger partial charge in [-0.05, 0) is 19.8 Å². The van der Waals surface area contributed by atoms with E-state index >= 15 is 0 Å². The van der Waals surface area contributed by atoms with Gasteiger partial charge in [-0.15, -0.1) is 0 Å². The Balaban J connectivity index is 2.26. The predicted octanol–water partition coefficient (Wildman–Crippen LogP) is -0.483. The fraction of sp³-hybridized carbons (Fsp3) is 0.700. The van der Waals surface area contributed by atoms with E-state index in [4.69, 9.17) is 10.6 Å². The number of nitrogens with zero attached hydrogens (tertiary/aromatic N) is 4. The van der Waals surface area contributed by atoms with E-state index in [1.807, 2.05) is 4.90 Å². The third-order valence-corrected chi connectivity index (χ3v) is 2.87. The topological polar surface area (TPSA) is 109 Å². The van der Waals surface area contributed by atoms with Crippen LogP contribution in [0, 0.1) is 0 Å². The number of nitrogens with one attached hydrogen (secondary N) is 1. The molecule has 2 rings (SSSR count). The van der Waals surface area contributed by atoms with Crippen molar-refractivity contribution in [3.63, 3.8) is 0 Å². The van der Waals surface area contributed by atoms with Gasteiger partial charge in [0.2, 0.25) is 11.9 Å². The van der Waals surface area contributed by atoms with E-state index in [9.17, 15) is 5.11 Å². The number of hydrazine groups is 1. The van der Waals surface area contributed by atoms with Gasteiger partial charge in [0, 0.05) is 13.1 Å². The summed E-state index contributed by atoms with van der Waals surface area (Å²) in [5.74, 6) is 5.99. The van der Waals surface area contributed by atoms with Crippen LogP contribution in [0.2, 0.25) is 0 Å². The minimum atomic E-state index is -0.728. The number of hydrogen-bond donors (Lipinski definition) is 3. The quantitative estimate of drug-likeness (QED) is 0.490. The van der Waals surface area contributed by atoms with Gasteiger partial charge >= 0.3 is 6.01 Å². The van der Waals surface area contributed by atoms with Crippen molar-refractivity contribution in [1.82, 2.24) is 15.0 Å². The Kier molecular flexibility index (Phi) is 3.48. The molecule has 0 aliphatic carbocycles. The molecule has 0 bridgehead atoms. The molecule has 1 aromatic rings. The largest absolute Gasteiger partial charge is 0.467 e. The number of ether oxygens (including phenoxy) is 1. The van der Waals surface area contributed by atoms with Crippen LogP contribution in [-0.4, -0.2) is 45.9 Å². The van der Waals surface area contributed by atoms with E-state index in [1.165, 1.54) is 7.11 Å². The SMILES string of the molecule is COc1nc(NN)nc(N2CCCC(C)(O)C2)n1. The van der Waals surface area contributed by atoms with Gasteiger partial charge in [0.15, 0.2) is 0 Å². The average Bonchev–Trinajstić information content (AvgIpc) is 2.37. The van der Waals surface area contributed by atoms with E-state index in [1.54, 1.807) is 6.92 Å². The molecule has 0 spiro atoms. The molecule has 0 aromatic carbocycles. The van der Waals surface area contributed by atoms with Gasteiger partial charge in [-0.1, -0.05) is 0 Å². The normalized spacial score (nSPS) is 23.9. The molecule has 1 fully saturated rings. The van der Waals surface area contributed by atoms with Gasteiger partial charge in [-0.25, -0.2) is 5.84 Å². The number of aromatic nitrogens is 3. The summed E-state index contributed by atoms with van der Waals surface area (Å²) >= 11 is 0. The first-order chi connectivity index (χ1) is 8.54. The second kappa shape index (κ2) is 4.91. The first-order valence-electron chi connectivity index (χ1n) is 5.78. The first-order valence-corrected chi connectivity index (χ1v) is 5.78. The van der Waals surface area contributed by atoms with Gasteiger partial charge in [0.25, 0.3) is 0 Å². The van der Waals surface area contributed by atoms with Crippen LogP contribution in [0.5, 0.6) is 6.01 Å². The Morgan fingerprint density at radius 2 is 2.22 bits per heavy atom. The van der Waals surface area contributed by atoms with Gasteiger partial charge in [-0.3, -0.25) is 5.43 Å². The lowest BCUT2D eigenvalue weighted by atomic mass is 9.95. The van der Waals surface area contributed by atoms with Crippen molar-refractivity contribution in [3.8, 4) is 6.01 Å². The standard InChI is InChI=1S/C10H18N6O2/c1-10(17)4-3-5-16(6-10)8-12-7(15-11)13-9(14-8)18-2/h17H,3-6,11H2,1-2H3,(H,12,13,14,15). The molecule has 1 saturated heterocycles. The Morgan fingerprint density at radius 3 is 2.83 bits per heavy atom. The minimum absolute atomic E-state index is 0.193. The lowest BCUT2D eigenvalue weighted by Crippen LogP contribution is -2.46. The number of nitrogen functional groups attached to an aromatic ring is 1. The van der Waals surface area contributed by atoms with E-state index in [-0.39, 0.29) is 12.0 Å². The Labute approximate surface area is 105 Å². The fourth-order valence-corrected chi connectivity index (χ4v) is 2.03. The molecule has 0 radical (unpaired) electrons. The number of rotatable bonds is 3. The maximum Gasteiger partial charge on any atom is 0.322 e. The van der Waals surface area contributed by atoms with Crippen LogP contribution in [0.25, 0.3) is 0 Å². The number of β-amino-alcohol motifs (C(OH)–C–C–N with tert-alkyl or cyclic N) is 1. The molecular weight excluding hydrogens is 236 g/mol. The van der Waals surface area contributed by atoms with Crippen LogP contribution in [0.1, 0.15) is 19.8 Å². The Morgan fingerprint density at radius 1 is 1.44 bits per heavy atom. The third kappa shape index (κ3) is 2.77. The molecule has 0 saturated carbocycles. The molecule has 1 aliphatic rings. The zero-order valence-corrected chi connectivity index (χ0v) is 10.6. The second-order valence-electron chi connectivity index (χ2n) is 4.61. The molecule has 8 nitrogen and oxygen atoms in total. The van der Waals surface area contributed by atoms with Crippen molar-refractivity contribution in [2.45, 2.75) is 25.4 Å². The van der Waals surface area contributed by atoms with Crippen molar-refractivity contribution >= 4 is 11.9 Å². The van der Waals surface area contributed by atoms with Crippen LogP contribution in [0.15, 0.2) is 0 Å². The lowest BCUT2D eigenvalue weighted by molar-refractivity contribution is 0.0444. The summed E-state index contributed by atoms with van der Waals surface area (Å²) in [4.78, 5) is 14.2. The number of hydrogen-bond acceptors (Lipinski definition) is 8. The van der Waals surface area contributed by atoms with Crippen LogP contribution >= 0.6 is 0 Å². The molecule has 1 atom stereocenters. The molecule has 0 amide bonds. The van der Waals surface area contributed by atoms with Gasteiger partial charge in [0.05, 0.1) is 12.7 Å². The van der Waals surface area contributed by atoms with Crippen molar-refractivity contribution in [3.05, 3.63) is 0 Å². The van der Waals surface area contributed by atoms with Crippen LogP contribution in [0.3, 0.4) is 0 Å². The molecule has 18 heavy (non-hydrogen) atoms. The van der Waals surface area contributed by atoms with Gasteiger partial charge in [-0.2, -0.15) is 15.0 Å². The lowest BCUT2D eigenvalue weighted by Gasteiger charge is -2.36. The number of piperidine rings is 1. The van der Waals surface area contributed by atoms with Gasteiger partial charge < -0.3 is 14.7 Å². The Hall–Kier alpha value is -1.67. The number of anilines is 2.